The first-order chi connectivity index (χ1) is 17.2. The van der Waals surface area contributed by atoms with Gasteiger partial charge in [0.25, 0.3) is 0 Å². The molecule has 184 valence electrons. The molecule has 0 saturated carbocycles. The lowest BCUT2D eigenvalue weighted by molar-refractivity contribution is 0.308. The number of aryl methyl sites for hydroxylation is 1. The fraction of sp³-hybridized carbons (Fsp3) is 0.185. The summed E-state index contributed by atoms with van der Waals surface area (Å²) in [7, 11) is 3.28. The van der Waals surface area contributed by atoms with E-state index in [1.54, 1.807) is 14.2 Å². The van der Waals surface area contributed by atoms with Crippen molar-refractivity contribution in [3.8, 4) is 39.8 Å². The van der Waals surface area contributed by atoms with Gasteiger partial charge < -0.3 is 14.2 Å². The Morgan fingerprint density at radius 3 is 2.22 bits per heavy atom. The van der Waals surface area contributed by atoms with Crippen molar-refractivity contribution in [1.82, 2.24) is 25.6 Å². The fourth-order valence-electron chi connectivity index (χ4n) is 4.09. The Balaban J connectivity index is 0.00000304. The number of nitrogens with one attached hydrogen (secondary N) is 1. The maximum absolute atomic E-state index is 6.31. The van der Waals surface area contributed by atoms with Crippen molar-refractivity contribution in [3.05, 3.63) is 78.0 Å². The summed E-state index contributed by atoms with van der Waals surface area (Å²) in [5.74, 6) is 2.73. The number of H-pyrrole nitrogens is 1. The van der Waals surface area contributed by atoms with Gasteiger partial charge >= 0.3 is 0 Å². The van der Waals surface area contributed by atoms with E-state index >= 15 is 0 Å². The van der Waals surface area contributed by atoms with Crippen LogP contribution in [0.5, 0.6) is 17.2 Å². The Morgan fingerprint density at radius 1 is 0.833 bits per heavy atom. The van der Waals surface area contributed by atoms with Crippen LogP contribution in [0.1, 0.15) is 18.2 Å². The Kier molecular flexibility index (Phi) is 7.65. The van der Waals surface area contributed by atoms with E-state index in [-0.39, 0.29) is 12.4 Å². The Labute approximate surface area is 215 Å². The van der Waals surface area contributed by atoms with Gasteiger partial charge in [-0.15, -0.1) is 17.5 Å². The van der Waals surface area contributed by atoms with Crippen LogP contribution in [0.4, 0.5) is 0 Å². The molecule has 5 aromatic rings. The predicted octanol–water partition coefficient (Wildman–Crippen LogP) is 5.66. The van der Waals surface area contributed by atoms with Gasteiger partial charge in [-0.1, -0.05) is 55.5 Å². The Bertz CT molecular complexity index is 1460. The number of benzene rings is 3. The highest BCUT2D eigenvalue weighted by molar-refractivity contribution is 5.95. The molecular formula is C27H26ClN5O3. The van der Waals surface area contributed by atoms with Crippen LogP contribution in [0.15, 0.2) is 66.7 Å². The number of ether oxygens (including phenoxy) is 3. The average Bonchev–Trinajstić information content (AvgIpc) is 3.46. The molecule has 3 aromatic carbocycles. The van der Waals surface area contributed by atoms with E-state index in [4.69, 9.17) is 19.2 Å². The topological polar surface area (TPSA) is 95.0 Å². The summed E-state index contributed by atoms with van der Waals surface area (Å²) in [6.45, 7) is 2.46. The van der Waals surface area contributed by atoms with Crippen LogP contribution in [0.25, 0.3) is 33.4 Å². The molecule has 2 aromatic heterocycles. The van der Waals surface area contributed by atoms with Crippen molar-refractivity contribution < 1.29 is 14.2 Å². The Morgan fingerprint density at radius 2 is 1.56 bits per heavy atom. The van der Waals surface area contributed by atoms with Crippen molar-refractivity contribution in [3.63, 3.8) is 0 Å². The van der Waals surface area contributed by atoms with Crippen LogP contribution in [-0.4, -0.2) is 39.8 Å². The van der Waals surface area contributed by atoms with E-state index in [1.165, 1.54) is 0 Å². The molecule has 0 aliphatic rings. The highest BCUT2D eigenvalue weighted by atomic mass is 35.5. The maximum atomic E-state index is 6.31. The molecule has 0 spiro atoms. The highest BCUT2D eigenvalue weighted by Gasteiger charge is 2.16. The lowest BCUT2D eigenvalue weighted by Gasteiger charge is -2.15. The Hall–Kier alpha value is -4.17. The lowest BCUT2D eigenvalue weighted by Crippen LogP contribution is -2.01. The van der Waals surface area contributed by atoms with E-state index in [0.717, 1.165) is 51.0 Å². The number of rotatable bonds is 8. The molecule has 0 unspecified atom stereocenters. The third-order valence-corrected chi connectivity index (χ3v) is 5.89. The van der Waals surface area contributed by atoms with Gasteiger partial charge in [-0.05, 0) is 45.7 Å². The quantitative estimate of drug-likeness (QED) is 0.292. The molecule has 1 N–H and O–H groups in total. The zero-order valence-corrected chi connectivity index (χ0v) is 21.0. The van der Waals surface area contributed by atoms with E-state index in [1.807, 2.05) is 36.4 Å². The number of methoxy groups -OCH3 is 2. The molecule has 0 radical (unpaired) electrons. The monoisotopic (exact) mass is 503 g/mol. The molecule has 8 nitrogen and oxygen atoms in total. The largest absolute Gasteiger partial charge is 0.496 e. The van der Waals surface area contributed by atoms with Crippen LogP contribution in [0.2, 0.25) is 0 Å². The highest BCUT2D eigenvalue weighted by Crippen LogP contribution is 2.39. The first-order valence-corrected chi connectivity index (χ1v) is 11.3. The number of fused-ring (bicyclic) bond motifs is 1. The third kappa shape index (κ3) is 4.81. The van der Waals surface area contributed by atoms with Gasteiger partial charge in [-0.2, -0.15) is 0 Å². The van der Waals surface area contributed by atoms with Crippen molar-refractivity contribution in [2.45, 2.75) is 20.0 Å². The second-order valence-electron chi connectivity index (χ2n) is 7.94. The zero-order valence-electron chi connectivity index (χ0n) is 20.2. The third-order valence-electron chi connectivity index (χ3n) is 5.89. The van der Waals surface area contributed by atoms with Gasteiger partial charge in [-0.3, -0.25) is 0 Å². The number of tetrazole rings is 1. The normalized spacial score (nSPS) is 10.6. The number of aromatic nitrogens is 5. The molecule has 0 fully saturated rings. The zero-order chi connectivity index (χ0) is 24.2. The van der Waals surface area contributed by atoms with Crippen molar-refractivity contribution in [1.29, 1.82) is 0 Å². The van der Waals surface area contributed by atoms with Gasteiger partial charge in [0.1, 0.15) is 29.4 Å². The van der Waals surface area contributed by atoms with Crippen LogP contribution in [-0.2, 0) is 13.0 Å². The summed E-state index contributed by atoms with van der Waals surface area (Å²) in [5.41, 5.74) is 5.75. The molecule has 9 heteroatoms. The molecule has 0 aliphatic carbocycles. The van der Waals surface area contributed by atoms with Gasteiger partial charge in [-0.25, -0.2) is 10.1 Å². The number of aromatic amines is 1. The van der Waals surface area contributed by atoms with Crippen LogP contribution < -0.4 is 14.2 Å². The summed E-state index contributed by atoms with van der Waals surface area (Å²) in [5, 5.41) is 15.1. The first kappa shape index (κ1) is 24.9. The molecule has 0 aliphatic heterocycles. The standard InChI is InChI=1S/C27H25N5O3.ClH/c1-4-19-15-24(25-22(33-2)13-14-23(34-3)26(25)28-19)35-16-17-9-11-18(12-10-17)20-7-5-6-8-21(20)27-29-31-32-30-27;/h5-15H,4,16H2,1-3H3,(H,29,30,31,32);1H. The fourth-order valence-corrected chi connectivity index (χ4v) is 4.09. The van der Waals surface area contributed by atoms with Gasteiger partial charge in [0.05, 0.1) is 19.6 Å². The SMILES string of the molecule is CCc1cc(OCc2ccc(-c3ccccc3-c3nnn[nH]3)cc2)c2c(OC)ccc(OC)c2n1.Cl. The van der Waals surface area contributed by atoms with E-state index in [9.17, 15) is 0 Å². The molecule has 36 heavy (non-hydrogen) atoms. The second kappa shape index (κ2) is 11.0. The minimum atomic E-state index is 0. The summed E-state index contributed by atoms with van der Waals surface area (Å²) in [4.78, 5) is 4.76. The second-order valence-corrected chi connectivity index (χ2v) is 7.94. The summed E-state index contributed by atoms with van der Waals surface area (Å²) < 4.78 is 17.5. The number of pyridine rings is 1. The van der Waals surface area contributed by atoms with Gasteiger partial charge in [0.2, 0.25) is 0 Å². The van der Waals surface area contributed by atoms with Gasteiger partial charge in [0, 0.05) is 17.3 Å². The molecule has 5 rings (SSSR count). The molecule has 2 heterocycles. The minimum Gasteiger partial charge on any atom is -0.496 e. The maximum Gasteiger partial charge on any atom is 0.180 e. The van der Waals surface area contributed by atoms with E-state index in [0.29, 0.717) is 23.9 Å². The number of hydrogen-bond donors (Lipinski definition) is 1. The van der Waals surface area contributed by atoms with Crippen molar-refractivity contribution in [2.75, 3.05) is 14.2 Å². The molecular weight excluding hydrogens is 478 g/mol. The summed E-state index contributed by atoms with van der Waals surface area (Å²) >= 11 is 0. The van der Waals surface area contributed by atoms with Crippen molar-refractivity contribution >= 4 is 23.3 Å². The summed E-state index contributed by atoms with van der Waals surface area (Å²) in [6.07, 6.45) is 0.779. The van der Waals surface area contributed by atoms with E-state index in [2.05, 4.69) is 57.9 Å². The predicted molar refractivity (Wildman–Crippen MR) is 141 cm³/mol. The first-order valence-electron chi connectivity index (χ1n) is 11.3. The summed E-state index contributed by atoms with van der Waals surface area (Å²) in [6, 6.07) is 22.0. The van der Waals surface area contributed by atoms with Crippen molar-refractivity contribution in [2.24, 2.45) is 0 Å². The smallest absolute Gasteiger partial charge is 0.180 e. The van der Waals surface area contributed by atoms with Gasteiger partial charge in [0.15, 0.2) is 5.82 Å². The average molecular weight is 504 g/mol. The van der Waals surface area contributed by atoms with Crippen LogP contribution in [0, 0.1) is 0 Å². The molecule has 0 atom stereocenters. The van der Waals surface area contributed by atoms with Crippen LogP contribution >= 0.6 is 12.4 Å². The molecule has 0 amide bonds. The molecule has 0 saturated heterocycles. The number of halogens is 1. The van der Waals surface area contributed by atoms with Crippen LogP contribution in [0.3, 0.4) is 0 Å². The lowest BCUT2D eigenvalue weighted by atomic mass is 9.98. The minimum absolute atomic E-state index is 0. The molecule has 0 bridgehead atoms. The number of nitrogens with zero attached hydrogens (tertiary/aromatic N) is 4. The van der Waals surface area contributed by atoms with E-state index < -0.39 is 0 Å². The number of hydrogen-bond acceptors (Lipinski definition) is 7.